The number of sulfonamides is 1. The Kier molecular flexibility index (Phi) is 8.68. The van der Waals surface area contributed by atoms with Crippen LogP contribution in [0.5, 0.6) is 0 Å². The largest absolute Gasteiger partial charge is 0.244 e. The molecule has 0 saturated heterocycles. The maximum Gasteiger partial charge on any atom is 0.244 e. The van der Waals surface area contributed by atoms with Gasteiger partial charge in [0, 0.05) is 13.0 Å². The van der Waals surface area contributed by atoms with E-state index in [2.05, 4.69) is 31.9 Å². The number of rotatable bonds is 9. The molecule has 0 radical (unpaired) electrons. The third-order valence-electron chi connectivity index (χ3n) is 3.65. The fourth-order valence-corrected chi connectivity index (χ4v) is 3.68. The molecule has 25 heavy (non-hydrogen) atoms. The van der Waals surface area contributed by atoms with Crippen LogP contribution < -0.4 is 0 Å². The fourth-order valence-electron chi connectivity index (χ4n) is 2.31. The number of hydrogen-bond acceptors (Lipinski definition) is 2. The van der Waals surface area contributed by atoms with Gasteiger partial charge in [0.1, 0.15) is 0 Å². The summed E-state index contributed by atoms with van der Waals surface area (Å²) in [5, 5.41) is 0. The average Bonchev–Trinajstić information content (AvgIpc) is 2.53. The molecule has 0 aliphatic rings. The van der Waals surface area contributed by atoms with Crippen LogP contribution in [0.2, 0.25) is 0 Å². The number of benzene rings is 1. The van der Waals surface area contributed by atoms with E-state index in [0.29, 0.717) is 6.42 Å². The lowest BCUT2D eigenvalue weighted by atomic mass is 10.1. The van der Waals surface area contributed by atoms with Gasteiger partial charge in [-0.2, -0.15) is 4.31 Å². The monoisotopic (exact) mass is 359 g/mol. The Morgan fingerprint density at radius 2 is 1.80 bits per heavy atom. The highest BCUT2D eigenvalue weighted by Crippen LogP contribution is 2.19. The second-order valence-electron chi connectivity index (χ2n) is 6.43. The summed E-state index contributed by atoms with van der Waals surface area (Å²) in [6, 6.07) is 6.90. The van der Waals surface area contributed by atoms with Crippen molar-refractivity contribution in [2.45, 2.75) is 51.3 Å². The summed E-state index contributed by atoms with van der Waals surface area (Å²) in [5.74, 6) is 6.06. The molecule has 0 aliphatic carbocycles. The van der Waals surface area contributed by atoms with E-state index in [0.717, 1.165) is 36.0 Å². The van der Waals surface area contributed by atoms with Crippen molar-refractivity contribution >= 4 is 10.0 Å². The molecule has 3 nitrogen and oxygen atoms in total. The predicted molar refractivity (Wildman–Crippen MR) is 106 cm³/mol. The highest BCUT2D eigenvalue weighted by molar-refractivity contribution is 7.89. The summed E-state index contributed by atoms with van der Waals surface area (Å²) in [5.41, 5.74) is 2.81. The predicted octanol–water partition coefficient (Wildman–Crippen LogP) is 4.70. The van der Waals surface area contributed by atoms with E-state index in [1.165, 1.54) is 4.31 Å². The minimum atomic E-state index is -3.60. The first kappa shape index (κ1) is 21.2. The summed E-state index contributed by atoms with van der Waals surface area (Å²) in [4.78, 5) is 0.289. The lowest BCUT2D eigenvalue weighted by molar-refractivity contribution is 0.469. The van der Waals surface area contributed by atoms with Gasteiger partial charge >= 0.3 is 0 Å². The summed E-state index contributed by atoms with van der Waals surface area (Å²) in [6.07, 6.45) is 3.51. The van der Waals surface area contributed by atoms with Crippen LogP contribution in [0.3, 0.4) is 0 Å². The molecule has 0 aliphatic heterocycles. The molecule has 4 heteroatoms. The van der Waals surface area contributed by atoms with Crippen LogP contribution in [0, 0.1) is 18.8 Å². The third-order valence-corrected chi connectivity index (χ3v) is 5.45. The van der Waals surface area contributed by atoms with Crippen molar-refractivity contribution in [2.24, 2.45) is 0 Å². The molecule has 0 fully saturated rings. The zero-order valence-electron chi connectivity index (χ0n) is 15.6. The average molecular weight is 360 g/mol. The Hall–Kier alpha value is -1.83. The molecule has 1 rings (SSSR count). The van der Waals surface area contributed by atoms with E-state index >= 15 is 0 Å². The zero-order chi connectivity index (χ0) is 18.9. The molecule has 0 aromatic heterocycles. The highest BCUT2D eigenvalue weighted by Gasteiger charge is 2.24. The number of hydrogen-bond donors (Lipinski definition) is 0. The summed E-state index contributed by atoms with van der Waals surface area (Å²) in [6.45, 7) is 14.3. The lowest BCUT2D eigenvalue weighted by Crippen LogP contribution is -2.33. The van der Waals surface area contributed by atoms with Gasteiger partial charge in [0.05, 0.1) is 11.4 Å². The van der Waals surface area contributed by atoms with Crippen molar-refractivity contribution in [1.82, 2.24) is 4.31 Å². The molecule has 0 heterocycles. The zero-order valence-corrected chi connectivity index (χ0v) is 16.5. The molecule has 136 valence electrons. The fraction of sp³-hybridized carbons (Fsp3) is 0.429. The van der Waals surface area contributed by atoms with E-state index in [4.69, 9.17) is 0 Å². The maximum atomic E-state index is 13.0. The minimum Gasteiger partial charge on any atom is -0.207 e. The second kappa shape index (κ2) is 10.2. The first-order valence-corrected chi connectivity index (χ1v) is 10.0. The van der Waals surface area contributed by atoms with Crippen LogP contribution in [-0.4, -0.2) is 25.8 Å². The van der Waals surface area contributed by atoms with E-state index < -0.39 is 10.0 Å². The molecule has 0 unspecified atom stereocenters. The summed E-state index contributed by atoms with van der Waals surface area (Å²) >= 11 is 0. The third kappa shape index (κ3) is 7.29. The van der Waals surface area contributed by atoms with Crippen LogP contribution in [0.15, 0.2) is 53.5 Å². The van der Waals surface area contributed by atoms with Crippen molar-refractivity contribution in [2.75, 3.05) is 13.1 Å². The molecular formula is C21H29NO2S. The Balaban J connectivity index is 3.01. The number of unbranched alkanes of at least 4 members (excludes halogenated alkanes) is 2. The molecular weight excluding hydrogens is 330 g/mol. The van der Waals surface area contributed by atoms with E-state index in [-0.39, 0.29) is 18.0 Å². The van der Waals surface area contributed by atoms with Crippen molar-refractivity contribution in [3.63, 3.8) is 0 Å². The van der Waals surface area contributed by atoms with Gasteiger partial charge in [-0.1, -0.05) is 61.3 Å². The smallest absolute Gasteiger partial charge is 0.207 e. The lowest BCUT2D eigenvalue weighted by Gasteiger charge is -2.21. The Morgan fingerprint density at radius 3 is 2.36 bits per heavy atom. The topological polar surface area (TPSA) is 37.4 Å². The van der Waals surface area contributed by atoms with Gasteiger partial charge < -0.3 is 0 Å². The molecule has 1 aromatic rings. The summed E-state index contributed by atoms with van der Waals surface area (Å²) < 4.78 is 27.4. The van der Waals surface area contributed by atoms with Gasteiger partial charge in [0.2, 0.25) is 10.0 Å². The van der Waals surface area contributed by atoms with Crippen LogP contribution in [0.4, 0.5) is 0 Å². The van der Waals surface area contributed by atoms with Crippen molar-refractivity contribution in [3.8, 4) is 11.8 Å². The van der Waals surface area contributed by atoms with Gasteiger partial charge in [-0.15, -0.1) is 5.92 Å². The molecule has 0 saturated carbocycles. The van der Waals surface area contributed by atoms with Crippen LogP contribution in [0.25, 0.3) is 0 Å². The molecule has 0 N–H and O–H groups in total. The number of nitrogens with zero attached hydrogens (tertiary/aromatic N) is 1. The molecule has 0 amide bonds. The van der Waals surface area contributed by atoms with E-state index in [1.807, 2.05) is 13.8 Å². The number of aryl methyl sites for hydroxylation is 1. The molecule has 0 bridgehead atoms. The van der Waals surface area contributed by atoms with Gasteiger partial charge in [0.25, 0.3) is 0 Å². The quantitative estimate of drug-likeness (QED) is 0.364. The second-order valence-corrected chi connectivity index (χ2v) is 8.37. The van der Waals surface area contributed by atoms with Crippen LogP contribution >= 0.6 is 0 Å². The van der Waals surface area contributed by atoms with E-state index in [1.54, 1.807) is 24.3 Å². The van der Waals surface area contributed by atoms with Gasteiger partial charge in [-0.05, 0) is 38.8 Å². The van der Waals surface area contributed by atoms with E-state index in [9.17, 15) is 8.42 Å². The summed E-state index contributed by atoms with van der Waals surface area (Å²) in [7, 11) is -3.60. The minimum absolute atomic E-state index is 0.176. The van der Waals surface area contributed by atoms with Gasteiger partial charge in [0.15, 0.2) is 0 Å². The Labute approximate surface area is 153 Å². The normalized spacial score (nSPS) is 11.0. The number of allylic oxidation sites excluding steroid dienone is 1. The van der Waals surface area contributed by atoms with Gasteiger partial charge in [-0.25, -0.2) is 8.42 Å². The van der Waals surface area contributed by atoms with Crippen LogP contribution in [0.1, 0.15) is 45.1 Å². The van der Waals surface area contributed by atoms with Crippen molar-refractivity contribution in [1.29, 1.82) is 0 Å². The van der Waals surface area contributed by atoms with Crippen molar-refractivity contribution < 1.29 is 8.42 Å². The molecule has 0 spiro atoms. The Bertz CT molecular complexity index is 749. The van der Waals surface area contributed by atoms with Gasteiger partial charge in [-0.3, -0.25) is 0 Å². The highest BCUT2D eigenvalue weighted by atomic mass is 32.2. The molecule has 0 atom stereocenters. The first-order valence-electron chi connectivity index (χ1n) is 8.61. The van der Waals surface area contributed by atoms with Crippen molar-refractivity contribution in [3.05, 3.63) is 54.1 Å². The van der Waals surface area contributed by atoms with Crippen LogP contribution in [-0.2, 0) is 10.0 Å². The maximum absolute atomic E-state index is 13.0. The standard InChI is InChI=1S/C21H29NO2S/c1-6-7-8-9-10-15-22(17-20(5)16-18(2)3)25(23,24)21-13-11-19(4)12-14-21/h11-14H,2,5-8,15-17H2,1,3-4H3. The Morgan fingerprint density at radius 1 is 1.16 bits per heavy atom. The SMILES string of the molecule is C=C(C)CC(=C)CN(CC#CCCCC)S(=O)(=O)c1ccc(C)cc1. The molecule has 1 aromatic carbocycles. The first-order chi connectivity index (χ1) is 11.8.